The van der Waals surface area contributed by atoms with Gasteiger partial charge in [0.25, 0.3) is 12.9 Å². The maximum Gasteiger partial charge on any atom is 0.328 e. The molecule has 0 bridgehead atoms. The van der Waals surface area contributed by atoms with Crippen LogP contribution in [0.5, 0.6) is 0 Å². The third-order valence-corrected chi connectivity index (χ3v) is 3.61. The second-order valence-electron chi connectivity index (χ2n) is 5.94. The van der Waals surface area contributed by atoms with E-state index in [2.05, 4.69) is 26.6 Å². The van der Waals surface area contributed by atoms with Crippen LogP contribution >= 0.6 is 0 Å². The lowest BCUT2D eigenvalue weighted by Crippen LogP contribution is -2.42. The van der Waals surface area contributed by atoms with Gasteiger partial charge in [0.05, 0.1) is 19.3 Å². The van der Waals surface area contributed by atoms with Crippen molar-refractivity contribution < 1.29 is 43.3 Å². The Morgan fingerprint density at radius 3 is 2.30 bits per heavy atom. The van der Waals surface area contributed by atoms with Crippen LogP contribution in [0.25, 0.3) is 0 Å². The molecule has 2 amide bonds. The number of esters is 1. The number of anilines is 1. The molecule has 0 radical (unpaired) electrons. The number of hydrogen-bond acceptors (Lipinski definition) is 7. The molecular weight excluding hydrogens is 441 g/mol. The molecule has 0 aliphatic carbocycles. The monoisotopic (exact) mass is 469 g/mol. The Bertz CT molecular complexity index is 777. The zero-order valence-electron chi connectivity index (χ0n) is 18.1. The maximum atomic E-state index is 13.5. The lowest BCUT2D eigenvalue weighted by Gasteiger charge is -2.16. The smallest absolute Gasteiger partial charge is 0.328 e. The van der Waals surface area contributed by atoms with Crippen LogP contribution in [0, 0.1) is 18.2 Å². The first-order chi connectivity index (χ1) is 15.8. The molecule has 0 aliphatic rings. The molecule has 1 aromatic rings. The predicted molar refractivity (Wildman–Crippen MR) is 117 cm³/mol. The number of halogens is 1. The van der Waals surface area contributed by atoms with Gasteiger partial charge in [-0.3, -0.25) is 19.2 Å². The average molecular weight is 469 g/mol. The first-order valence-electron chi connectivity index (χ1n) is 9.52. The van der Waals surface area contributed by atoms with Crippen LogP contribution in [-0.2, 0) is 28.7 Å². The van der Waals surface area contributed by atoms with Crippen molar-refractivity contribution in [2.45, 2.75) is 31.7 Å². The fourth-order valence-corrected chi connectivity index (χ4v) is 2.30. The van der Waals surface area contributed by atoms with Crippen LogP contribution in [0.3, 0.4) is 0 Å². The zero-order chi connectivity index (χ0) is 25.5. The zero-order valence-corrected chi connectivity index (χ0v) is 18.1. The van der Waals surface area contributed by atoms with Crippen molar-refractivity contribution in [2.75, 3.05) is 25.5 Å². The third-order valence-electron chi connectivity index (χ3n) is 3.61. The second kappa shape index (κ2) is 21.3. The van der Waals surface area contributed by atoms with Crippen molar-refractivity contribution in [3.63, 3.8) is 0 Å². The molecule has 0 fully saturated rings. The van der Waals surface area contributed by atoms with Gasteiger partial charge >= 0.3 is 5.97 Å². The number of carbonyl (C=O) groups excluding carboxylic acids is 3. The van der Waals surface area contributed by atoms with Gasteiger partial charge in [0.15, 0.2) is 0 Å². The Hall–Kier alpha value is -3.98. The number of benzene rings is 1. The first kappa shape index (κ1) is 31.2. The normalized spacial score (nSPS) is 9.85. The highest BCUT2D eigenvalue weighted by Crippen LogP contribution is 2.12. The van der Waals surface area contributed by atoms with E-state index in [0.29, 0.717) is 25.9 Å². The fraction of sp³-hybridized carbons (Fsp3) is 0.381. The number of nitrogens with one attached hydrogen (secondary N) is 3. The molecular formula is C21H28FN3O8. The maximum absolute atomic E-state index is 13.5. The summed E-state index contributed by atoms with van der Waals surface area (Å²) in [5.41, 5.74) is -0.0145. The Labute approximate surface area is 190 Å². The van der Waals surface area contributed by atoms with E-state index in [0.717, 1.165) is 6.42 Å². The largest absolute Gasteiger partial charge is 0.483 e. The van der Waals surface area contributed by atoms with Crippen LogP contribution in [-0.4, -0.2) is 67.2 Å². The predicted octanol–water partition coefficient (Wildman–Crippen LogP) is 0.607. The van der Waals surface area contributed by atoms with Crippen LogP contribution in [0.2, 0.25) is 0 Å². The number of carbonyl (C=O) groups is 5. The minimum Gasteiger partial charge on any atom is -0.483 e. The number of para-hydroxylation sites is 1. The summed E-state index contributed by atoms with van der Waals surface area (Å²) in [5, 5.41) is 21.6. The van der Waals surface area contributed by atoms with Crippen molar-refractivity contribution >= 4 is 36.4 Å². The summed E-state index contributed by atoms with van der Waals surface area (Å²) in [7, 11) is 1.22. The number of hydrogen-bond donors (Lipinski definition) is 5. The van der Waals surface area contributed by atoms with E-state index < -0.39 is 36.1 Å². The molecule has 11 nitrogen and oxygen atoms in total. The molecule has 0 spiro atoms. The Balaban J connectivity index is 0. The van der Waals surface area contributed by atoms with Gasteiger partial charge in [-0.2, -0.15) is 0 Å². The van der Waals surface area contributed by atoms with Crippen LogP contribution < -0.4 is 16.0 Å². The SMILES string of the molecule is C#CCNCCCC[C@H](NC(=O)CC(=O)Nc1ccccc1F)C(=O)OC.O=CO.O=CO. The topological polar surface area (TPSA) is 171 Å². The summed E-state index contributed by atoms with van der Waals surface area (Å²) in [6.07, 6.45) is 6.37. The highest BCUT2D eigenvalue weighted by Gasteiger charge is 2.22. The first-order valence-corrected chi connectivity index (χ1v) is 9.52. The molecule has 0 aliphatic heterocycles. The summed E-state index contributed by atoms with van der Waals surface area (Å²) < 4.78 is 18.2. The second-order valence-corrected chi connectivity index (χ2v) is 5.94. The number of rotatable bonds is 11. The fourth-order valence-electron chi connectivity index (χ4n) is 2.30. The van der Waals surface area contributed by atoms with Gasteiger partial charge in [-0.25, -0.2) is 9.18 Å². The number of ether oxygens (including phenoxy) is 1. The summed E-state index contributed by atoms with van der Waals surface area (Å²) in [4.78, 5) is 52.4. The number of carboxylic acid groups (broad SMARTS) is 2. The van der Waals surface area contributed by atoms with E-state index in [-0.39, 0.29) is 18.6 Å². The molecule has 0 saturated heterocycles. The van der Waals surface area contributed by atoms with E-state index >= 15 is 0 Å². The van der Waals surface area contributed by atoms with Crippen LogP contribution in [0.4, 0.5) is 10.1 Å². The van der Waals surface area contributed by atoms with Crippen LogP contribution in [0.15, 0.2) is 24.3 Å². The summed E-state index contributed by atoms with van der Waals surface area (Å²) in [6, 6.07) is 4.78. The van der Waals surface area contributed by atoms with E-state index in [1.807, 2.05) is 0 Å². The molecule has 182 valence electrons. The average Bonchev–Trinajstić information content (AvgIpc) is 2.77. The van der Waals surface area contributed by atoms with Gasteiger partial charge in [-0.15, -0.1) is 6.42 Å². The van der Waals surface area contributed by atoms with Crippen molar-refractivity contribution in [2.24, 2.45) is 0 Å². The van der Waals surface area contributed by atoms with Gasteiger partial charge in [0.2, 0.25) is 11.8 Å². The van der Waals surface area contributed by atoms with Crippen molar-refractivity contribution in [3.05, 3.63) is 30.1 Å². The third kappa shape index (κ3) is 17.4. The highest BCUT2D eigenvalue weighted by molar-refractivity contribution is 6.04. The van der Waals surface area contributed by atoms with Gasteiger partial charge in [-0.05, 0) is 37.9 Å². The van der Waals surface area contributed by atoms with E-state index in [1.165, 1.54) is 25.3 Å². The summed E-state index contributed by atoms with van der Waals surface area (Å²) >= 11 is 0. The Morgan fingerprint density at radius 2 is 1.76 bits per heavy atom. The molecule has 12 heteroatoms. The lowest BCUT2D eigenvalue weighted by molar-refractivity contribution is -0.145. The molecule has 1 atom stereocenters. The van der Waals surface area contributed by atoms with E-state index in [1.54, 1.807) is 6.07 Å². The minimum absolute atomic E-state index is 0.0145. The molecule has 0 saturated carbocycles. The number of unbranched alkanes of at least 4 members (excludes halogenated alkanes) is 1. The standard InChI is InChI=1S/C19H24FN3O4.2CH2O2/c1-3-11-21-12-7-6-10-16(19(26)27-2)23-18(25)13-17(24)22-15-9-5-4-8-14(15)20;2*2-1-3/h1,4-5,8-9,16,21H,6-7,10-13H2,2H3,(H,22,24)(H,23,25);2*1H,(H,2,3)/t16-;;/m0../s1. The molecule has 33 heavy (non-hydrogen) atoms. The summed E-state index contributed by atoms with van der Waals surface area (Å²) in [5.74, 6) is -0.0614. The Morgan fingerprint density at radius 1 is 1.15 bits per heavy atom. The van der Waals surface area contributed by atoms with Gasteiger partial charge < -0.3 is 30.9 Å². The minimum atomic E-state index is -0.851. The quantitative estimate of drug-likeness (QED) is 0.102. The number of amides is 2. The van der Waals surface area contributed by atoms with Crippen molar-refractivity contribution in [1.82, 2.24) is 10.6 Å². The Kier molecular flexibility index (Phi) is 20.1. The highest BCUT2D eigenvalue weighted by atomic mass is 19.1. The van der Waals surface area contributed by atoms with Crippen molar-refractivity contribution in [3.8, 4) is 12.3 Å². The molecule has 5 N–H and O–H groups in total. The van der Waals surface area contributed by atoms with Crippen LogP contribution in [0.1, 0.15) is 25.7 Å². The van der Waals surface area contributed by atoms with Crippen molar-refractivity contribution in [1.29, 1.82) is 0 Å². The molecule has 1 aromatic carbocycles. The molecule has 0 aromatic heterocycles. The van der Waals surface area contributed by atoms with Gasteiger partial charge in [0.1, 0.15) is 18.3 Å². The van der Waals surface area contributed by atoms with Gasteiger partial charge in [0, 0.05) is 0 Å². The van der Waals surface area contributed by atoms with E-state index in [4.69, 9.17) is 26.2 Å². The summed E-state index contributed by atoms with van der Waals surface area (Å²) in [6.45, 7) is 0.658. The molecule has 1 rings (SSSR count). The number of terminal acetylenes is 1. The number of methoxy groups -OCH3 is 1. The van der Waals surface area contributed by atoms with Gasteiger partial charge in [-0.1, -0.05) is 18.1 Å². The van der Waals surface area contributed by atoms with E-state index in [9.17, 15) is 18.8 Å². The molecule has 0 heterocycles. The molecule has 0 unspecified atom stereocenters. The lowest BCUT2D eigenvalue weighted by atomic mass is 10.1.